The predicted molar refractivity (Wildman–Crippen MR) is 119 cm³/mol. The minimum absolute atomic E-state index is 0.0593. The van der Waals surface area contributed by atoms with Crippen molar-refractivity contribution in [3.05, 3.63) is 90.0 Å². The Balaban J connectivity index is 1.76. The average Bonchev–Trinajstić information content (AvgIpc) is 2.81. The summed E-state index contributed by atoms with van der Waals surface area (Å²) in [5.41, 5.74) is 2.09. The highest BCUT2D eigenvalue weighted by atomic mass is 16.5. The second-order valence-electron chi connectivity index (χ2n) is 7.11. The van der Waals surface area contributed by atoms with Crippen molar-refractivity contribution >= 4 is 0 Å². The van der Waals surface area contributed by atoms with Crippen molar-refractivity contribution in [2.24, 2.45) is 0 Å². The molecule has 0 aliphatic heterocycles. The highest BCUT2D eigenvalue weighted by Crippen LogP contribution is 2.33. The van der Waals surface area contributed by atoms with Crippen molar-refractivity contribution in [3.63, 3.8) is 0 Å². The van der Waals surface area contributed by atoms with E-state index in [0.29, 0.717) is 37.0 Å². The SMILES string of the molecule is CC(O)C(NCCO)Oc1ccc(OCc2ccccc2)cc1OCc1ccccc1. The lowest BCUT2D eigenvalue weighted by atomic mass is 10.2. The Morgan fingerprint density at radius 2 is 1.42 bits per heavy atom. The largest absolute Gasteiger partial charge is 0.489 e. The number of aliphatic hydroxyl groups excluding tert-OH is 2. The molecule has 3 aromatic rings. The smallest absolute Gasteiger partial charge is 0.176 e. The molecule has 0 saturated carbocycles. The van der Waals surface area contributed by atoms with E-state index in [2.05, 4.69) is 5.32 Å². The van der Waals surface area contributed by atoms with E-state index >= 15 is 0 Å². The van der Waals surface area contributed by atoms with Crippen LogP contribution in [0, 0.1) is 0 Å². The monoisotopic (exact) mass is 423 g/mol. The third-order valence-corrected chi connectivity index (χ3v) is 4.55. The summed E-state index contributed by atoms with van der Waals surface area (Å²) in [6, 6.07) is 25.1. The maximum atomic E-state index is 10.0. The van der Waals surface area contributed by atoms with Gasteiger partial charge in [-0.1, -0.05) is 60.7 Å². The van der Waals surface area contributed by atoms with Crippen molar-refractivity contribution in [1.29, 1.82) is 0 Å². The van der Waals surface area contributed by atoms with E-state index in [1.807, 2.05) is 60.7 Å². The molecule has 0 amide bonds. The zero-order valence-corrected chi connectivity index (χ0v) is 17.6. The molecule has 3 N–H and O–H groups in total. The van der Waals surface area contributed by atoms with E-state index in [4.69, 9.17) is 19.3 Å². The zero-order chi connectivity index (χ0) is 21.9. The molecule has 2 atom stereocenters. The molecule has 0 spiro atoms. The molecule has 0 bridgehead atoms. The first-order valence-electron chi connectivity index (χ1n) is 10.3. The summed E-state index contributed by atoms with van der Waals surface area (Å²) in [6.07, 6.45) is -1.48. The molecule has 0 saturated heterocycles. The van der Waals surface area contributed by atoms with Crippen LogP contribution in [0.3, 0.4) is 0 Å². The lowest BCUT2D eigenvalue weighted by Crippen LogP contribution is -2.44. The lowest BCUT2D eigenvalue weighted by Gasteiger charge is -2.24. The predicted octanol–water partition coefficient (Wildman–Crippen LogP) is 3.51. The molecule has 2 unspecified atom stereocenters. The minimum atomic E-state index is -0.789. The third-order valence-electron chi connectivity index (χ3n) is 4.55. The average molecular weight is 424 g/mol. The first kappa shape index (κ1) is 22.6. The Kier molecular flexibility index (Phi) is 8.72. The molecular formula is C25H29NO5. The Bertz CT molecular complexity index is 902. The van der Waals surface area contributed by atoms with Crippen molar-refractivity contribution in [3.8, 4) is 17.2 Å². The summed E-state index contributed by atoms with van der Waals surface area (Å²) in [5, 5.41) is 22.1. The van der Waals surface area contributed by atoms with Crippen LogP contribution in [0.2, 0.25) is 0 Å². The molecule has 3 aromatic carbocycles. The van der Waals surface area contributed by atoms with Gasteiger partial charge < -0.3 is 24.4 Å². The van der Waals surface area contributed by atoms with Crippen LogP contribution in [0.1, 0.15) is 18.1 Å². The summed E-state index contributed by atoms with van der Waals surface area (Å²) < 4.78 is 17.9. The Labute approximate surface area is 183 Å². The van der Waals surface area contributed by atoms with Crippen LogP contribution in [-0.4, -0.2) is 35.7 Å². The van der Waals surface area contributed by atoms with Crippen LogP contribution in [-0.2, 0) is 13.2 Å². The number of rotatable bonds is 12. The fraction of sp³-hybridized carbons (Fsp3) is 0.280. The normalized spacial score (nSPS) is 12.7. The van der Waals surface area contributed by atoms with Crippen LogP contribution >= 0.6 is 0 Å². The van der Waals surface area contributed by atoms with Gasteiger partial charge in [0.15, 0.2) is 17.7 Å². The van der Waals surface area contributed by atoms with Crippen LogP contribution in [0.25, 0.3) is 0 Å². The van der Waals surface area contributed by atoms with Gasteiger partial charge in [0.2, 0.25) is 0 Å². The number of benzene rings is 3. The number of hydrogen-bond donors (Lipinski definition) is 3. The second-order valence-corrected chi connectivity index (χ2v) is 7.11. The van der Waals surface area contributed by atoms with Crippen molar-refractivity contribution in [1.82, 2.24) is 5.32 Å². The minimum Gasteiger partial charge on any atom is -0.489 e. The summed E-state index contributed by atoms with van der Waals surface area (Å²) in [7, 11) is 0. The van der Waals surface area contributed by atoms with E-state index in [9.17, 15) is 5.11 Å². The molecule has 0 aliphatic carbocycles. The van der Waals surface area contributed by atoms with E-state index in [-0.39, 0.29) is 6.61 Å². The van der Waals surface area contributed by atoms with Crippen molar-refractivity contribution in [2.45, 2.75) is 32.5 Å². The van der Waals surface area contributed by atoms with Crippen LogP contribution in [0.5, 0.6) is 17.2 Å². The number of aliphatic hydroxyl groups is 2. The molecule has 0 fully saturated rings. The maximum Gasteiger partial charge on any atom is 0.176 e. The van der Waals surface area contributed by atoms with Gasteiger partial charge in [0.25, 0.3) is 0 Å². The van der Waals surface area contributed by atoms with E-state index in [0.717, 1.165) is 11.1 Å². The van der Waals surface area contributed by atoms with Gasteiger partial charge in [-0.05, 0) is 30.2 Å². The van der Waals surface area contributed by atoms with Gasteiger partial charge in [0, 0.05) is 12.6 Å². The van der Waals surface area contributed by atoms with Crippen LogP contribution in [0.4, 0.5) is 0 Å². The second kappa shape index (κ2) is 12.0. The van der Waals surface area contributed by atoms with Crippen LogP contribution in [0.15, 0.2) is 78.9 Å². The van der Waals surface area contributed by atoms with Gasteiger partial charge in [0.05, 0.1) is 6.61 Å². The van der Waals surface area contributed by atoms with Gasteiger partial charge in [-0.2, -0.15) is 0 Å². The van der Waals surface area contributed by atoms with E-state index in [1.165, 1.54) is 0 Å². The molecule has 0 radical (unpaired) electrons. The van der Waals surface area contributed by atoms with Gasteiger partial charge in [-0.25, -0.2) is 0 Å². The summed E-state index contributed by atoms with van der Waals surface area (Å²) in [5.74, 6) is 1.63. The molecule has 164 valence electrons. The summed E-state index contributed by atoms with van der Waals surface area (Å²) in [6.45, 7) is 2.66. The lowest BCUT2D eigenvalue weighted by molar-refractivity contribution is 0.0224. The fourth-order valence-electron chi connectivity index (χ4n) is 2.92. The molecule has 31 heavy (non-hydrogen) atoms. The van der Waals surface area contributed by atoms with E-state index in [1.54, 1.807) is 25.1 Å². The van der Waals surface area contributed by atoms with Crippen molar-refractivity contribution in [2.75, 3.05) is 13.2 Å². The standard InChI is InChI=1S/C25H29NO5/c1-19(28)25(26-14-15-27)31-23-13-12-22(29-17-20-8-4-2-5-9-20)16-24(23)30-18-21-10-6-3-7-11-21/h2-13,16,19,25-28H,14-15,17-18H2,1H3. The first-order valence-corrected chi connectivity index (χ1v) is 10.3. The topological polar surface area (TPSA) is 80.2 Å². The van der Waals surface area contributed by atoms with E-state index < -0.39 is 12.3 Å². The molecule has 3 rings (SSSR count). The fourth-order valence-corrected chi connectivity index (χ4v) is 2.92. The molecule has 6 nitrogen and oxygen atoms in total. The molecule has 0 aromatic heterocycles. The molecule has 0 heterocycles. The van der Waals surface area contributed by atoms with Crippen molar-refractivity contribution < 1.29 is 24.4 Å². The number of nitrogens with one attached hydrogen (secondary N) is 1. The first-order chi connectivity index (χ1) is 15.2. The van der Waals surface area contributed by atoms with Crippen LogP contribution < -0.4 is 19.5 Å². The van der Waals surface area contributed by atoms with Gasteiger partial charge in [0.1, 0.15) is 25.1 Å². The summed E-state index contributed by atoms with van der Waals surface area (Å²) >= 11 is 0. The molecule has 6 heteroatoms. The Morgan fingerprint density at radius 3 is 2.00 bits per heavy atom. The highest BCUT2D eigenvalue weighted by Gasteiger charge is 2.19. The summed E-state index contributed by atoms with van der Waals surface area (Å²) in [4.78, 5) is 0. The number of ether oxygens (including phenoxy) is 3. The Morgan fingerprint density at radius 1 is 0.806 bits per heavy atom. The molecule has 0 aliphatic rings. The molecular weight excluding hydrogens is 394 g/mol. The highest BCUT2D eigenvalue weighted by molar-refractivity contribution is 5.46. The van der Waals surface area contributed by atoms with Gasteiger partial charge in [-0.3, -0.25) is 5.32 Å². The van der Waals surface area contributed by atoms with Gasteiger partial charge in [-0.15, -0.1) is 0 Å². The third kappa shape index (κ3) is 7.29. The maximum absolute atomic E-state index is 10.0. The Hall–Kier alpha value is -3.06. The number of hydrogen-bond acceptors (Lipinski definition) is 6. The van der Waals surface area contributed by atoms with Gasteiger partial charge >= 0.3 is 0 Å². The zero-order valence-electron chi connectivity index (χ0n) is 17.6. The quantitative estimate of drug-likeness (QED) is 0.387.